The summed E-state index contributed by atoms with van der Waals surface area (Å²) in [7, 11) is 1.90. The van der Waals surface area contributed by atoms with Gasteiger partial charge >= 0.3 is 5.97 Å². The van der Waals surface area contributed by atoms with Gasteiger partial charge in [-0.15, -0.1) is 0 Å². The van der Waals surface area contributed by atoms with Crippen molar-refractivity contribution in [3.05, 3.63) is 64.9 Å². The van der Waals surface area contributed by atoms with E-state index in [1.165, 1.54) is 12.4 Å². The Morgan fingerprint density at radius 3 is 2.50 bits per heavy atom. The highest BCUT2D eigenvalue weighted by Crippen LogP contribution is 2.22. The minimum atomic E-state index is -1.09. The van der Waals surface area contributed by atoms with E-state index < -0.39 is 5.97 Å². The monoisotopic (exact) mass is 351 g/mol. The Morgan fingerprint density at radius 2 is 1.88 bits per heavy atom. The second-order valence-corrected chi connectivity index (χ2v) is 6.27. The smallest absolute Gasteiger partial charge is 0.356 e. The van der Waals surface area contributed by atoms with Crippen molar-refractivity contribution >= 4 is 11.8 Å². The second-order valence-electron chi connectivity index (χ2n) is 6.27. The maximum absolute atomic E-state index is 10.9. The minimum absolute atomic E-state index is 0.0677. The molecule has 0 bridgehead atoms. The molecule has 0 spiro atoms. The summed E-state index contributed by atoms with van der Waals surface area (Å²) in [5.41, 5.74) is 5.29. The van der Waals surface area contributed by atoms with Crippen LogP contribution in [0.5, 0.6) is 0 Å². The quantitative estimate of drug-likeness (QED) is 0.761. The van der Waals surface area contributed by atoms with Crippen molar-refractivity contribution in [2.24, 2.45) is 0 Å². The summed E-state index contributed by atoms with van der Waals surface area (Å²) < 4.78 is 1.97. The summed E-state index contributed by atoms with van der Waals surface area (Å²) in [5.74, 6) is -0.477. The number of aromatic nitrogens is 4. The van der Waals surface area contributed by atoms with Gasteiger partial charge in [0.05, 0.1) is 23.8 Å². The van der Waals surface area contributed by atoms with Gasteiger partial charge in [0.1, 0.15) is 5.82 Å². The zero-order valence-electron chi connectivity index (χ0n) is 15.3. The first kappa shape index (κ1) is 17.6. The fraction of sp³-hybridized carbons (Fsp3) is 0.263. The number of nitrogens with zero attached hydrogens (tertiary/aromatic N) is 5. The van der Waals surface area contributed by atoms with Gasteiger partial charge in [-0.25, -0.2) is 19.4 Å². The second kappa shape index (κ2) is 6.95. The Kier molecular flexibility index (Phi) is 4.71. The molecular formula is C19H21N5O2. The lowest BCUT2D eigenvalue weighted by Gasteiger charge is -2.18. The van der Waals surface area contributed by atoms with Gasteiger partial charge in [0.25, 0.3) is 0 Å². The van der Waals surface area contributed by atoms with Crippen molar-refractivity contribution in [2.75, 3.05) is 11.9 Å². The van der Waals surface area contributed by atoms with Crippen molar-refractivity contribution in [2.45, 2.75) is 27.3 Å². The van der Waals surface area contributed by atoms with Crippen molar-refractivity contribution in [1.29, 1.82) is 0 Å². The molecule has 2 aromatic heterocycles. The molecule has 0 radical (unpaired) electrons. The zero-order valence-corrected chi connectivity index (χ0v) is 15.3. The van der Waals surface area contributed by atoms with Crippen LogP contribution in [0, 0.1) is 20.8 Å². The van der Waals surface area contributed by atoms with E-state index in [0.29, 0.717) is 12.4 Å². The maximum atomic E-state index is 10.9. The Hall–Kier alpha value is -3.22. The third-order valence-electron chi connectivity index (χ3n) is 4.43. The number of carboxylic acid groups (broad SMARTS) is 1. The highest BCUT2D eigenvalue weighted by molar-refractivity contribution is 5.84. The molecule has 0 atom stereocenters. The summed E-state index contributed by atoms with van der Waals surface area (Å²) >= 11 is 0. The molecule has 134 valence electrons. The van der Waals surface area contributed by atoms with Gasteiger partial charge in [-0.2, -0.15) is 5.10 Å². The van der Waals surface area contributed by atoms with E-state index in [4.69, 9.17) is 10.2 Å². The lowest BCUT2D eigenvalue weighted by Crippen LogP contribution is -2.19. The first-order valence-corrected chi connectivity index (χ1v) is 8.26. The van der Waals surface area contributed by atoms with E-state index in [1.807, 2.05) is 35.7 Å². The highest BCUT2D eigenvalue weighted by atomic mass is 16.4. The molecule has 0 saturated carbocycles. The van der Waals surface area contributed by atoms with Crippen LogP contribution in [0.3, 0.4) is 0 Å². The van der Waals surface area contributed by atoms with Crippen molar-refractivity contribution in [1.82, 2.24) is 19.7 Å². The number of benzene rings is 1. The molecule has 0 aliphatic rings. The lowest BCUT2D eigenvalue weighted by atomic mass is 10.1. The van der Waals surface area contributed by atoms with Crippen LogP contribution in [0.25, 0.3) is 5.69 Å². The van der Waals surface area contributed by atoms with E-state index in [9.17, 15) is 4.79 Å². The summed E-state index contributed by atoms with van der Waals surface area (Å²) in [6.07, 6.45) is 2.74. The number of carboxylic acids is 1. The molecule has 0 aliphatic heterocycles. The van der Waals surface area contributed by atoms with E-state index >= 15 is 0 Å². The van der Waals surface area contributed by atoms with E-state index in [2.05, 4.69) is 35.9 Å². The van der Waals surface area contributed by atoms with Crippen LogP contribution in [-0.2, 0) is 6.54 Å². The molecule has 0 amide bonds. The van der Waals surface area contributed by atoms with E-state index in [1.54, 1.807) is 0 Å². The SMILES string of the molecule is Cc1ccccc1-n1nc(C)c(CN(C)c2cnc(C(=O)O)cn2)c1C. The van der Waals surface area contributed by atoms with Crippen LogP contribution in [0.15, 0.2) is 36.7 Å². The third-order valence-corrected chi connectivity index (χ3v) is 4.43. The highest BCUT2D eigenvalue weighted by Gasteiger charge is 2.16. The molecule has 1 aromatic carbocycles. The van der Waals surface area contributed by atoms with Crippen LogP contribution in [0.1, 0.15) is 33.0 Å². The number of anilines is 1. The van der Waals surface area contributed by atoms with Gasteiger partial charge in [-0.05, 0) is 32.4 Å². The first-order valence-electron chi connectivity index (χ1n) is 8.26. The predicted octanol–water partition coefficient (Wildman–Crippen LogP) is 2.92. The largest absolute Gasteiger partial charge is 0.476 e. The fourth-order valence-corrected chi connectivity index (χ4v) is 2.89. The van der Waals surface area contributed by atoms with Crippen molar-refractivity contribution < 1.29 is 9.90 Å². The number of para-hydroxylation sites is 1. The summed E-state index contributed by atoms with van der Waals surface area (Å²) in [5, 5.41) is 13.6. The van der Waals surface area contributed by atoms with Crippen LogP contribution in [0.4, 0.5) is 5.82 Å². The molecule has 0 aliphatic carbocycles. The van der Waals surface area contributed by atoms with Gasteiger partial charge in [-0.1, -0.05) is 18.2 Å². The maximum Gasteiger partial charge on any atom is 0.356 e. The van der Waals surface area contributed by atoms with Crippen LogP contribution < -0.4 is 4.90 Å². The number of carbonyl (C=O) groups is 1. The molecule has 0 unspecified atom stereocenters. The van der Waals surface area contributed by atoms with Crippen LogP contribution in [0.2, 0.25) is 0 Å². The van der Waals surface area contributed by atoms with E-state index in [-0.39, 0.29) is 5.69 Å². The van der Waals surface area contributed by atoms with E-state index in [0.717, 1.165) is 28.2 Å². The molecular weight excluding hydrogens is 330 g/mol. The average Bonchev–Trinajstić information content (AvgIpc) is 2.90. The Morgan fingerprint density at radius 1 is 1.15 bits per heavy atom. The molecule has 0 saturated heterocycles. The fourth-order valence-electron chi connectivity index (χ4n) is 2.89. The van der Waals surface area contributed by atoms with Gasteiger partial charge in [-0.3, -0.25) is 0 Å². The Bertz CT molecular complexity index is 947. The number of hydrogen-bond acceptors (Lipinski definition) is 5. The van der Waals surface area contributed by atoms with Gasteiger partial charge < -0.3 is 10.0 Å². The topological polar surface area (TPSA) is 84.1 Å². The van der Waals surface area contributed by atoms with Crippen LogP contribution >= 0.6 is 0 Å². The van der Waals surface area contributed by atoms with Gasteiger partial charge in [0.15, 0.2) is 5.69 Å². The van der Waals surface area contributed by atoms with Crippen molar-refractivity contribution in [3.8, 4) is 5.69 Å². The number of rotatable bonds is 5. The number of hydrogen-bond donors (Lipinski definition) is 1. The van der Waals surface area contributed by atoms with Crippen molar-refractivity contribution in [3.63, 3.8) is 0 Å². The predicted molar refractivity (Wildman–Crippen MR) is 98.9 cm³/mol. The normalized spacial score (nSPS) is 10.8. The minimum Gasteiger partial charge on any atom is -0.476 e. The third kappa shape index (κ3) is 3.28. The molecule has 3 rings (SSSR count). The molecule has 3 aromatic rings. The number of aromatic carboxylic acids is 1. The molecule has 7 heteroatoms. The summed E-state index contributed by atoms with van der Waals surface area (Å²) in [4.78, 5) is 20.9. The average molecular weight is 351 g/mol. The Labute approximate surface area is 151 Å². The molecule has 2 heterocycles. The molecule has 1 N–H and O–H groups in total. The standard InChI is InChI=1S/C19H21N5O2/c1-12-7-5-6-8-17(12)24-14(3)15(13(2)22-24)11-23(4)18-10-20-16(9-21-18)19(25)26/h5-10H,11H2,1-4H3,(H,25,26). The van der Waals surface area contributed by atoms with Crippen LogP contribution in [-0.4, -0.2) is 37.9 Å². The first-order chi connectivity index (χ1) is 12.4. The molecule has 7 nitrogen and oxygen atoms in total. The summed E-state index contributed by atoms with van der Waals surface area (Å²) in [6.45, 7) is 6.71. The molecule has 26 heavy (non-hydrogen) atoms. The number of aryl methyl sites for hydroxylation is 2. The molecule has 0 fully saturated rings. The summed E-state index contributed by atoms with van der Waals surface area (Å²) in [6, 6.07) is 8.14. The van der Waals surface area contributed by atoms with Gasteiger partial charge in [0.2, 0.25) is 0 Å². The lowest BCUT2D eigenvalue weighted by molar-refractivity contribution is 0.0690. The van der Waals surface area contributed by atoms with Gasteiger partial charge in [0, 0.05) is 24.8 Å². The Balaban J connectivity index is 1.88. The zero-order chi connectivity index (χ0) is 18.8.